The summed E-state index contributed by atoms with van der Waals surface area (Å²) in [5, 5.41) is 0.705. The van der Waals surface area contributed by atoms with Crippen molar-refractivity contribution in [1.29, 1.82) is 0 Å². The standard InChI is InChI=1S/C17H19BrO3/c1-2-21-16(20)17(10-5-6-12-18)11-9-13-7-3-4-8-14(13)15(17)19/h3-8H,2,9-12H2,1H3/b6-5+. The number of benzene rings is 1. The highest BCUT2D eigenvalue weighted by Gasteiger charge is 2.48. The van der Waals surface area contributed by atoms with E-state index in [9.17, 15) is 9.59 Å². The first kappa shape index (κ1) is 16.0. The summed E-state index contributed by atoms with van der Waals surface area (Å²) >= 11 is 3.31. The van der Waals surface area contributed by atoms with E-state index in [1.807, 2.05) is 30.4 Å². The van der Waals surface area contributed by atoms with Crippen LogP contribution in [0.15, 0.2) is 36.4 Å². The Morgan fingerprint density at radius 2 is 2.14 bits per heavy atom. The van der Waals surface area contributed by atoms with Gasteiger partial charge in [0.05, 0.1) is 6.61 Å². The summed E-state index contributed by atoms with van der Waals surface area (Å²) in [7, 11) is 0. The molecule has 0 spiro atoms. The Morgan fingerprint density at radius 3 is 2.86 bits per heavy atom. The second-order valence-electron chi connectivity index (χ2n) is 5.12. The van der Waals surface area contributed by atoms with Crippen LogP contribution in [0.3, 0.4) is 0 Å². The number of Topliss-reactive ketones (excluding diaryl/α,β-unsaturated/α-hetero) is 1. The maximum absolute atomic E-state index is 12.9. The van der Waals surface area contributed by atoms with Crippen molar-refractivity contribution in [3.8, 4) is 0 Å². The lowest BCUT2D eigenvalue weighted by molar-refractivity contribution is -0.152. The molecule has 0 bridgehead atoms. The summed E-state index contributed by atoms with van der Waals surface area (Å²) in [5.41, 5.74) is 0.610. The van der Waals surface area contributed by atoms with Crippen molar-refractivity contribution >= 4 is 27.7 Å². The van der Waals surface area contributed by atoms with Gasteiger partial charge in [-0.1, -0.05) is 52.3 Å². The minimum Gasteiger partial charge on any atom is -0.465 e. The minimum atomic E-state index is -1.07. The Kier molecular flexibility index (Phi) is 5.34. The molecule has 112 valence electrons. The lowest BCUT2D eigenvalue weighted by Crippen LogP contribution is -2.43. The van der Waals surface area contributed by atoms with Gasteiger partial charge >= 0.3 is 5.97 Å². The molecule has 1 atom stereocenters. The largest absolute Gasteiger partial charge is 0.465 e. The van der Waals surface area contributed by atoms with Gasteiger partial charge in [0.15, 0.2) is 5.78 Å². The smallest absolute Gasteiger partial charge is 0.320 e. The molecule has 0 aromatic heterocycles. The third-order valence-electron chi connectivity index (χ3n) is 3.91. The van der Waals surface area contributed by atoms with Crippen LogP contribution in [0.25, 0.3) is 0 Å². The fraction of sp³-hybridized carbons (Fsp3) is 0.412. The van der Waals surface area contributed by atoms with Crippen molar-refractivity contribution in [3.05, 3.63) is 47.5 Å². The van der Waals surface area contributed by atoms with E-state index in [0.29, 0.717) is 23.7 Å². The fourth-order valence-corrected chi connectivity index (χ4v) is 3.03. The van der Waals surface area contributed by atoms with Gasteiger partial charge < -0.3 is 4.74 Å². The summed E-state index contributed by atoms with van der Waals surface area (Å²) < 4.78 is 5.20. The van der Waals surface area contributed by atoms with Crippen LogP contribution in [0.4, 0.5) is 0 Å². The molecule has 21 heavy (non-hydrogen) atoms. The Labute approximate surface area is 133 Å². The first-order chi connectivity index (χ1) is 10.2. The number of fused-ring (bicyclic) bond motifs is 1. The van der Waals surface area contributed by atoms with E-state index in [4.69, 9.17) is 4.74 Å². The van der Waals surface area contributed by atoms with Crippen molar-refractivity contribution in [2.45, 2.75) is 26.2 Å². The van der Waals surface area contributed by atoms with Crippen LogP contribution in [0, 0.1) is 5.41 Å². The lowest BCUT2D eigenvalue weighted by atomic mass is 9.68. The van der Waals surface area contributed by atoms with Crippen LogP contribution in [0.1, 0.15) is 35.7 Å². The molecule has 1 aromatic carbocycles. The van der Waals surface area contributed by atoms with Gasteiger partial charge in [-0.15, -0.1) is 0 Å². The van der Waals surface area contributed by atoms with Gasteiger partial charge in [-0.2, -0.15) is 0 Å². The van der Waals surface area contributed by atoms with Crippen LogP contribution < -0.4 is 0 Å². The molecule has 4 heteroatoms. The highest BCUT2D eigenvalue weighted by Crippen LogP contribution is 2.40. The zero-order chi connectivity index (χ0) is 15.3. The first-order valence-corrected chi connectivity index (χ1v) is 8.28. The molecule has 0 saturated heterocycles. The van der Waals surface area contributed by atoms with E-state index >= 15 is 0 Å². The number of alkyl halides is 1. The third kappa shape index (κ3) is 3.10. The SMILES string of the molecule is CCOC(=O)C1(C/C=C/CBr)CCc2ccccc2C1=O. The van der Waals surface area contributed by atoms with Crippen molar-refractivity contribution in [2.75, 3.05) is 11.9 Å². The van der Waals surface area contributed by atoms with Crippen LogP contribution in [0.2, 0.25) is 0 Å². The summed E-state index contributed by atoms with van der Waals surface area (Å²) in [4.78, 5) is 25.3. The molecular formula is C17H19BrO3. The van der Waals surface area contributed by atoms with Gasteiger partial charge in [0.2, 0.25) is 0 Å². The Morgan fingerprint density at radius 1 is 1.38 bits per heavy atom. The third-order valence-corrected chi connectivity index (χ3v) is 4.28. The van der Waals surface area contributed by atoms with Gasteiger partial charge in [-0.3, -0.25) is 9.59 Å². The number of allylic oxidation sites excluding steroid dienone is 2. The van der Waals surface area contributed by atoms with E-state index in [1.165, 1.54) is 0 Å². The van der Waals surface area contributed by atoms with Gasteiger partial charge in [0, 0.05) is 10.9 Å². The summed E-state index contributed by atoms with van der Waals surface area (Å²) in [6, 6.07) is 7.52. The van der Waals surface area contributed by atoms with E-state index < -0.39 is 11.4 Å². The number of aryl methyl sites for hydroxylation is 1. The molecule has 0 radical (unpaired) electrons. The second-order valence-corrected chi connectivity index (χ2v) is 5.77. The van der Waals surface area contributed by atoms with Crippen molar-refractivity contribution < 1.29 is 14.3 Å². The quantitative estimate of drug-likeness (QED) is 0.352. The van der Waals surface area contributed by atoms with Gasteiger partial charge in [-0.25, -0.2) is 0 Å². The Hall–Kier alpha value is -1.42. The van der Waals surface area contributed by atoms with Crippen LogP contribution >= 0.6 is 15.9 Å². The average molecular weight is 351 g/mol. The zero-order valence-electron chi connectivity index (χ0n) is 12.1. The lowest BCUT2D eigenvalue weighted by Gasteiger charge is -2.33. The molecule has 1 aliphatic rings. The Balaban J connectivity index is 2.39. The molecule has 3 nitrogen and oxygen atoms in total. The van der Waals surface area contributed by atoms with E-state index in [2.05, 4.69) is 15.9 Å². The number of carbonyl (C=O) groups excluding carboxylic acids is 2. The fourth-order valence-electron chi connectivity index (χ4n) is 2.77. The van der Waals surface area contributed by atoms with Crippen LogP contribution in [-0.2, 0) is 16.0 Å². The highest BCUT2D eigenvalue weighted by atomic mass is 79.9. The molecule has 0 heterocycles. The first-order valence-electron chi connectivity index (χ1n) is 7.16. The number of halogens is 1. The predicted molar refractivity (Wildman–Crippen MR) is 85.7 cm³/mol. The topological polar surface area (TPSA) is 43.4 Å². The molecule has 2 rings (SSSR count). The second kappa shape index (κ2) is 7.03. The minimum absolute atomic E-state index is 0.109. The molecule has 1 aliphatic carbocycles. The molecule has 0 N–H and O–H groups in total. The number of ether oxygens (including phenoxy) is 1. The number of esters is 1. The number of hydrogen-bond donors (Lipinski definition) is 0. The van der Waals surface area contributed by atoms with Crippen LogP contribution in [0.5, 0.6) is 0 Å². The van der Waals surface area contributed by atoms with E-state index in [-0.39, 0.29) is 12.4 Å². The highest BCUT2D eigenvalue weighted by molar-refractivity contribution is 9.09. The van der Waals surface area contributed by atoms with E-state index in [0.717, 1.165) is 12.0 Å². The van der Waals surface area contributed by atoms with Crippen molar-refractivity contribution in [2.24, 2.45) is 5.41 Å². The van der Waals surface area contributed by atoms with E-state index in [1.54, 1.807) is 13.0 Å². The van der Waals surface area contributed by atoms with Gasteiger partial charge in [0.25, 0.3) is 0 Å². The predicted octanol–water partition coefficient (Wildman–Crippen LogP) is 3.71. The number of rotatable bonds is 5. The normalized spacial score (nSPS) is 21.3. The molecule has 1 aromatic rings. The average Bonchev–Trinajstić information content (AvgIpc) is 2.50. The number of ketones is 1. The molecule has 0 aliphatic heterocycles. The molecule has 0 amide bonds. The van der Waals surface area contributed by atoms with Crippen molar-refractivity contribution in [3.63, 3.8) is 0 Å². The monoisotopic (exact) mass is 350 g/mol. The zero-order valence-corrected chi connectivity index (χ0v) is 13.7. The summed E-state index contributed by atoms with van der Waals surface area (Å²) in [6.07, 6.45) is 5.42. The molecule has 1 unspecified atom stereocenters. The van der Waals surface area contributed by atoms with Crippen LogP contribution in [-0.4, -0.2) is 23.7 Å². The summed E-state index contributed by atoms with van der Waals surface area (Å²) in [5.74, 6) is -0.509. The summed E-state index contributed by atoms with van der Waals surface area (Å²) in [6.45, 7) is 2.05. The number of hydrogen-bond acceptors (Lipinski definition) is 3. The Bertz CT molecular complexity index is 565. The van der Waals surface area contributed by atoms with Gasteiger partial charge in [-0.05, 0) is 31.7 Å². The van der Waals surface area contributed by atoms with Gasteiger partial charge in [0.1, 0.15) is 5.41 Å². The molecule has 0 saturated carbocycles. The number of carbonyl (C=O) groups is 2. The maximum atomic E-state index is 12.9. The maximum Gasteiger partial charge on any atom is 0.320 e. The molecular weight excluding hydrogens is 332 g/mol. The molecule has 0 fully saturated rings. The van der Waals surface area contributed by atoms with Crippen molar-refractivity contribution in [1.82, 2.24) is 0 Å².